The van der Waals surface area contributed by atoms with Gasteiger partial charge >= 0.3 is 0 Å². The topological polar surface area (TPSA) is 220 Å². The van der Waals surface area contributed by atoms with Crippen LogP contribution in [0.1, 0.15) is 87.0 Å². The van der Waals surface area contributed by atoms with Gasteiger partial charge in [0.15, 0.2) is 18.1 Å². The molecule has 0 radical (unpaired) electrons. The molecule has 0 spiro atoms. The Bertz CT molecular complexity index is 2600. The maximum Gasteiger partial charge on any atom is 0.270 e. The van der Waals surface area contributed by atoms with Crippen molar-refractivity contribution in [3.05, 3.63) is 101 Å². The van der Waals surface area contributed by atoms with Crippen LogP contribution < -0.4 is 25.4 Å². The van der Waals surface area contributed by atoms with Gasteiger partial charge in [-0.1, -0.05) is 18.2 Å². The van der Waals surface area contributed by atoms with Gasteiger partial charge in [0.2, 0.25) is 11.8 Å². The van der Waals surface area contributed by atoms with Crippen LogP contribution in [0.4, 0.5) is 5.82 Å². The van der Waals surface area contributed by atoms with Crippen LogP contribution in [0.15, 0.2) is 73.3 Å². The van der Waals surface area contributed by atoms with Gasteiger partial charge in [0.1, 0.15) is 35.1 Å². The number of nitrogens with zero attached hydrogens (tertiary/aromatic N) is 7. The first-order valence-electron chi connectivity index (χ1n) is 20.7. The molecule has 2 saturated heterocycles. The number of aromatic nitrogens is 5. The number of pyridine rings is 1. The number of likely N-dealkylation sites (tertiary alicyclic amines) is 1. The van der Waals surface area contributed by atoms with E-state index in [1.807, 2.05) is 47.9 Å². The van der Waals surface area contributed by atoms with Crippen molar-refractivity contribution in [1.29, 1.82) is 0 Å². The van der Waals surface area contributed by atoms with E-state index in [1.165, 1.54) is 24.5 Å². The van der Waals surface area contributed by atoms with Gasteiger partial charge in [0.25, 0.3) is 23.6 Å². The number of benzene rings is 2. The zero-order valence-corrected chi connectivity index (χ0v) is 33.9. The molecule has 62 heavy (non-hydrogen) atoms. The third-order valence-electron chi connectivity index (χ3n) is 11.9. The van der Waals surface area contributed by atoms with Crippen molar-refractivity contribution in [2.45, 2.75) is 70.1 Å². The Morgan fingerprint density at radius 2 is 1.66 bits per heavy atom. The molecule has 3 aliphatic heterocycles. The molecule has 1 saturated carbocycles. The summed E-state index contributed by atoms with van der Waals surface area (Å²) in [5, 5.41) is 8.66. The van der Waals surface area contributed by atoms with E-state index in [9.17, 15) is 28.8 Å². The van der Waals surface area contributed by atoms with Crippen molar-refractivity contribution in [2.24, 2.45) is 5.92 Å². The Labute approximate surface area is 355 Å². The molecule has 5 aromatic rings. The molecule has 3 aromatic heterocycles. The minimum Gasteiger partial charge on any atom is -0.493 e. The molecule has 1 aliphatic carbocycles. The van der Waals surface area contributed by atoms with Crippen LogP contribution >= 0.6 is 0 Å². The standard InChI is InChI=1S/C44H44N10O8/c1-25-4-2-7-34(49-25)41(57)50-28-17-29(18-28)53-24-48-38-39(46-23-47-40(38)53)45-20-27-5-3-6-30(16-27)61-21-26-12-14-52(15-13-26)37(56)22-62-31-8-9-32-33(19-31)44(60)54(43(32)59)35-10-11-36(55)51-42(35)58/h2-9,16,19,23-24,26,28-29,35H,10-15,17-18,20-22H2,1H3,(H,50,57)(H,45,46,47)(H,51,55,58)/t28?,29?,35-/m0/s1. The number of imide groups is 2. The zero-order valence-electron chi connectivity index (χ0n) is 33.9. The lowest BCUT2D eigenvalue weighted by molar-refractivity contribution is -0.136. The zero-order chi connectivity index (χ0) is 42.9. The molecular weight excluding hydrogens is 797 g/mol. The Balaban J connectivity index is 0.712. The number of ether oxygens (including phenoxy) is 2. The highest BCUT2D eigenvalue weighted by Crippen LogP contribution is 2.35. The number of fused-ring (bicyclic) bond motifs is 2. The predicted molar refractivity (Wildman–Crippen MR) is 221 cm³/mol. The summed E-state index contributed by atoms with van der Waals surface area (Å²) in [5.74, 6) is -0.859. The van der Waals surface area contributed by atoms with Crippen molar-refractivity contribution in [3.8, 4) is 11.5 Å². The molecule has 318 valence electrons. The molecular formula is C44H44N10O8. The quantitative estimate of drug-likeness (QED) is 0.145. The summed E-state index contributed by atoms with van der Waals surface area (Å²) in [5.41, 5.74) is 3.84. The van der Waals surface area contributed by atoms with E-state index in [1.54, 1.807) is 17.3 Å². The molecule has 0 unspecified atom stereocenters. The van der Waals surface area contributed by atoms with Crippen LogP contribution in [0.3, 0.4) is 0 Å². The summed E-state index contributed by atoms with van der Waals surface area (Å²) in [6, 6.07) is 16.8. The number of piperidine rings is 2. The van der Waals surface area contributed by atoms with E-state index in [0.29, 0.717) is 43.3 Å². The van der Waals surface area contributed by atoms with E-state index in [4.69, 9.17) is 9.47 Å². The lowest BCUT2D eigenvalue weighted by Gasteiger charge is -2.36. The molecule has 1 atom stereocenters. The lowest BCUT2D eigenvalue weighted by atomic mass is 9.86. The monoisotopic (exact) mass is 840 g/mol. The third-order valence-corrected chi connectivity index (χ3v) is 11.9. The highest BCUT2D eigenvalue weighted by Gasteiger charge is 2.45. The number of aryl methyl sites for hydroxylation is 1. The molecule has 3 fully saturated rings. The molecule has 6 heterocycles. The summed E-state index contributed by atoms with van der Waals surface area (Å²) >= 11 is 0. The van der Waals surface area contributed by atoms with Crippen LogP contribution in [-0.2, 0) is 20.9 Å². The Hall–Kier alpha value is -7.24. The summed E-state index contributed by atoms with van der Waals surface area (Å²) in [6.45, 7) is 3.71. The van der Waals surface area contributed by atoms with Gasteiger partial charge < -0.3 is 29.6 Å². The van der Waals surface area contributed by atoms with Crippen LogP contribution in [-0.4, -0.2) is 108 Å². The van der Waals surface area contributed by atoms with Gasteiger partial charge in [-0.3, -0.25) is 39.0 Å². The maximum absolute atomic E-state index is 13.2. The van der Waals surface area contributed by atoms with E-state index in [-0.39, 0.29) is 66.1 Å². The molecule has 0 bridgehead atoms. The number of carbonyl (C=O) groups is 6. The van der Waals surface area contributed by atoms with Gasteiger partial charge in [0.05, 0.1) is 24.1 Å². The summed E-state index contributed by atoms with van der Waals surface area (Å²) in [7, 11) is 0. The van der Waals surface area contributed by atoms with Gasteiger partial charge in [-0.15, -0.1) is 0 Å². The molecule has 18 heteroatoms. The number of carbonyl (C=O) groups excluding carboxylic acids is 6. The van der Waals surface area contributed by atoms with Crippen molar-refractivity contribution >= 4 is 52.4 Å². The van der Waals surface area contributed by atoms with Crippen LogP contribution in [0.2, 0.25) is 0 Å². The number of amides is 6. The van der Waals surface area contributed by atoms with Crippen molar-refractivity contribution in [3.63, 3.8) is 0 Å². The average Bonchev–Trinajstić information content (AvgIpc) is 3.80. The number of rotatable bonds is 13. The van der Waals surface area contributed by atoms with Gasteiger partial charge in [0, 0.05) is 43.8 Å². The highest BCUT2D eigenvalue weighted by atomic mass is 16.5. The SMILES string of the molecule is Cc1cccc(C(=O)NC2CC(n3cnc4c(NCc5cccc(OCC6CCN(C(=O)COc7ccc8c(c7)C(=O)N([C@H]7CCC(=O)NC7=O)C8=O)CC6)c5)ncnc43)C2)n1. The lowest BCUT2D eigenvalue weighted by Crippen LogP contribution is -2.54. The van der Waals surface area contributed by atoms with Crippen molar-refractivity contribution in [2.75, 3.05) is 31.6 Å². The molecule has 18 nitrogen and oxygen atoms in total. The third kappa shape index (κ3) is 8.27. The van der Waals surface area contributed by atoms with Crippen molar-refractivity contribution < 1.29 is 38.2 Å². The minimum atomic E-state index is -1.06. The Morgan fingerprint density at radius 3 is 2.47 bits per heavy atom. The second-order valence-corrected chi connectivity index (χ2v) is 16.1. The molecule has 9 rings (SSSR count). The fraction of sp³-hybridized carbons (Fsp3) is 0.364. The van der Waals surface area contributed by atoms with E-state index >= 15 is 0 Å². The highest BCUT2D eigenvalue weighted by molar-refractivity contribution is 6.23. The first-order chi connectivity index (χ1) is 30.1. The molecule has 6 amide bonds. The second-order valence-electron chi connectivity index (χ2n) is 16.1. The summed E-state index contributed by atoms with van der Waals surface area (Å²) in [4.78, 5) is 96.4. The molecule has 4 aliphatic rings. The number of hydrogen-bond acceptors (Lipinski definition) is 13. The number of hydrogen-bond donors (Lipinski definition) is 3. The van der Waals surface area contributed by atoms with Crippen LogP contribution in [0.25, 0.3) is 11.2 Å². The van der Waals surface area contributed by atoms with Gasteiger partial charge in [-0.25, -0.2) is 19.9 Å². The smallest absolute Gasteiger partial charge is 0.270 e. The van der Waals surface area contributed by atoms with Crippen LogP contribution in [0.5, 0.6) is 11.5 Å². The van der Waals surface area contributed by atoms with E-state index < -0.39 is 29.7 Å². The fourth-order valence-electron chi connectivity index (χ4n) is 8.38. The largest absolute Gasteiger partial charge is 0.493 e. The number of anilines is 1. The Morgan fingerprint density at radius 1 is 0.871 bits per heavy atom. The van der Waals surface area contributed by atoms with E-state index in [0.717, 1.165) is 53.2 Å². The minimum absolute atomic E-state index is 0.0319. The van der Waals surface area contributed by atoms with E-state index in [2.05, 4.69) is 35.9 Å². The van der Waals surface area contributed by atoms with Gasteiger partial charge in [-0.2, -0.15) is 0 Å². The summed E-state index contributed by atoms with van der Waals surface area (Å²) in [6.07, 6.45) is 6.45. The average molecular weight is 841 g/mol. The van der Waals surface area contributed by atoms with Gasteiger partial charge in [-0.05, 0) is 93.0 Å². The Kier molecular flexibility index (Phi) is 11.0. The first kappa shape index (κ1) is 40.2. The molecule has 2 aromatic carbocycles. The predicted octanol–water partition coefficient (Wildman–Crippen LogP) is 3.37. The fourth-order valence-corrected chi connectivity index (χ4v) is 8.38. The number of nitrogens with one attached hydrogen (secondary N) is 3. The number of imidazole rings is 1. The van der Waals surface area contributed by atoms with Crippen molar-refractivity contribution in [1.82, 2.24) is 44.9 Å². The normalized spacial score (nSPS) is 20.1. The second kappa shape index (κ2) is 17.0. The summed E-state index contributed by atoms with van der Waals surface area (Å²) < 4.78 is 14.0. The molecule has 3 N–H and O–H groups in total. The van der Waals surface area contributed by atoms with Crippen LogP contribution in [0, 0.1) is 12.8 Å². The maximum atomic E-state index is 13.2. The first-order valence-corrected chi connectivity index (χ1v) is 20.7.